The van der Waals surface area contributed by atoms with Crippen molar-refractivity contribution in [2.75, 3.05) is 60.9 Å². The van der Waals surface area contributed by atoms with Gasteiger partial charge in [-0.25, -0.2) is 0 Å². The first kappa shape index (κ1) is 55.5. The Balaban J connectivity index is 1.04. The third-order valence-electron chi connectivity index (χ3n) is 12.9. The fourth-order valence-corrected chi connectivity index (χ4v) is 32.0. The van der Waals surface area contributed by atoms with Gasteiger partial charge in [0.1, 0.15) is 0 Å². The molecule has 8 rings (SSSR count). The Hall–Kier alpha value is 1.30. The number of rotatable bonds is 27. The summed E-state index contributed by atoms with van der Waals surface area (Å²) in [5.41, 5.74) is -0.0200. The van der Waals surface area contributed by atoms with Crippen LogP contribution >= 0.6 is 70.6 Å². The molecular formula is C54H78O4S6Se4. The van der Waals surface area contributed by atoms with Crippen LogP contribution in [0, 0.1) is 10.8 Å². The summed E-state index contributed by atoms with van der Waals surface area (Å²) < 4.78 is 40.2. The van der Waals surface area contributed by atoms with Gasteiger partial charge >= 0.3 is 439 Å². The van der Waals surface area contributed by atoms with Gasteiger partial charge in [-0.1, -0.05) is 26.7 Å². The van der Waals surface area contributed by atoms with Crippen molar-refractivity contribution in [3.05, 3.63) is 0 Å². The molecule has 0 radical (unpaired) electrons. The molecule has 0 amide bonds. The average Bonchev–Trinajstić information content (AvgIpc) is 4.04. The third-order valence-corrected chi connectivity index (χ3v) is 34.6. The molecular weight excluding hydrogens is 1220 g/mol. The van der Waals surface area contributed by atoms with Crippen molar-refractivity contribution in [1.82, 2.24) is 0 Å². The van der Waals surface area contributed by atoms with Gasteiger partial charge < -0.3 is 0 Å². The summed E-state index contributed by atoms with van der Waals surface area (Å²) in [6.45, 7) is 16.7. The summed E-state index contributed by atoms with van der Waals surface area (Å²) in [5.74, 6) is 11.6. The van der Waals surface area contributed by atoms with Gasteiger partial charge in [-0.2, -0.15) is 0 Å². The Kier molecular flexibility index (Phi) is 22.8. The van der Waals surface area contributed by atoms with Crippen LogP contribution in [0.4, 0.5) is 0 Å². The van der Waals surface area contributed by atoms with Crippen LogP contribution in [0.2, 0.25) is 0 Å². The molecule has 68 heavy (non-hydrogen) atoms. The first-order valence-corrected chi connectivity index (χ1v) is 38.9. The molecule has 8 heterocycles. The fourth-order valence-electron chi connectivity index (χ4n) is 8.92. The Morgan fingerprint density at radius 2 is 0.647 bits per heavy atom. The summed E-state index contributed by atoms with van der Waals surface area (Å²) in [6.07, 6.45) is 27.7. The number of ether oxygens (including phenoxy) is 4. The van der Waals surface area contributed by atoms with E-state index in [4.69, 9.17) is 18.9 Å². The van der Waals surface area contributed by atoms with E-state index in [1.54, 1.807) is 37.3 Å². The van der Waals surface area contributed by atoms with E-state index in [9.17, 15) is 0 Å². The number of unbranched alkanes of at least 4 members (excludes halogenated alkanes) is 18. The molecule has 0 fully saturated rings. The fraction of sp³-hybridized carbons (Fsp3) is 0.704. The summed E-state index contributed by atoms with van der Waals surface area (Å²) in [4.78, 5) is 6.40. The zero-order valence-corrected chi connectivity index (χ0v) is 53.7. The molecule has 14 heteroatoms. The molecule has 0 aliphatic carbocycles. The van der Waals surface area contributed by atoms with Crippen molar-refractivity contribution in [1.29, 1.82) is 0 Å². The van der Waals surface area contributed by atoms with Gasteiger partial charge in [0.15, 0.2) is 0 Å². The van der Waals surface area contributed by atoms with Crippen molar-refractivity contribution in [3.8, 4) is 49.6 Å². The van der Waals surface area contributed by atoms with E-state index in [0.29, 0.717) is 13.2 Å². The predicted octanol–water partition coefficient (Wildman–Crippen LogP) is 16.9. The van der Waals surface area contributed by atoms with Gasteiger partial charge in [0, 0.05) is 0 Å². The van der Waals surface area contributed by atoms with Crippen molar-refractivity contribution in [2.24, 2.45) is 10.8 Å². The standard InChI is InChI=1S/C54H78O4S6Se4/c1-7-9-11-13-15-17-19-21-23-25-27-63-51-39-37(55-33-53(3,4)35-57-39)45(67-51)47-41-43(61-31-29-59-41)49(65-47)50-44-42(60-30-32-62-44)48(66-50)46-38-40(58-36-54(5,6)34-56-38)52(68-46)64-28-26-24-22-20-18-16-14-12-10-8-2/h7-36H2,1-6H3. The van der Waals surface area contributed by atoms with Crippen molar-refractivity contribution in [2.45, 2.75) is 197 Å². The second kappa shape index (κ2) is 27.9. The molecule has 0 saturated heterocycles. The molecule has 4 nitrogen and oxygen atoms in total. The zero-order chi connectivity index (χ0) is 47.4. The summed E-state index contributed by atoms with van der Waals surface area (Å²) in [6, 6.07) is 0. The van der Waals surface area contributed by atoms with Crippen LogP contribution in [-0.4, -0.2) is 119 Å². The predicted molar refractivity (Wildman–Crippen MR) is 308 cm³/mol. The molecule has 0 unspecified atom stereocenters. The minimum atomic E-state index is -0.0100. The van der Waals surface area contributed by atoms with Crippen molar-refractivity contribution >= 4 is 129 Å². The monoisotopic (exact) mass is 1300 g/mol. The number of thioether (sulfide) groups is 6. The van der Waals surface area contributed by atoms with Gasteiger partial charge in [0.2, 0.25) is 0 Å². The van der Waals surface area contributed by atoms with Crippen LogP contribution in [0.3, 0.4) is 0 Å². The molecule has 4 aliphatic heterocycles. The molecule has 0 bridgehead atoms. The second-order valence-electron chi connectivity index (χ2n) is 20.5. The molecule has 0 atom stereocenters. The van der Waals surface area contributed by atoms with E-state index in [1.165, 1.54) is 179 Å². The van der Waals surface area contributed by atoms with Crippen molar-refractivity contribution in [3.63, 3.8) is 0 Å². The van der Waals surface area contributed by atoms with Crippen LogP contribution in [0.15, 0.2) is 27.1 Å². The molecule has 0 N–H and O–H groups in total. The summed E-state index contributed by atoms with van der Waals surface area (Å²) >= 11 is 13.7. The Morgan fingerprint density at radius 1 is 0.368 bits per heavy atom. The topological polar surface area (TPSA) is 36.9 Å². The Bertz CT molecular complexity index is 2050. The summed E-state index contributed by atoms with van der Waals surface area (Å²) in [5, 5.41) is 0. The van der Waals surface area contributed by atoms with Gasteiger partial charge in [0.25, 0.3) is 0 Å². The van der Waals surface area contributed by atoms with Crippen LogP contribution in [0.25, 0.3) is 26.6 Å². The van der Waals surface area contributed by atoms with Crippen LogP contribution in [-0.2, 0) is 0 Å². The molecule has 4 aliphatic rings. The van der Waals surface area contributed by atoms with E-state index in [-0.39, 0.29) is 68.8 Å². The van der Waals surface area contributed by atoms with Gasteiger partial charge in [0.05, 0.1) is 0 Å². The summed E-state index contributed by atoms with van der Waals surface area (Å²) in [7, 11) is 0. The van der Waals surface area contributed by atoms with Crippen molar-refractivity contribution < 1.29 is 18.9 Å². The quantitative estimate of drug-likeness (QED) is 0.0327. The molecule has 4 aromatic rings. The Morgan fingerprint density at radius 3 is 0.971 bits per heavy atom. The maximum atomic E-state index is 6.95. The van der Waals surface area contributed by atoms with E-state index < -0.39 is 0 Å². The normalized spacial score (nSPS) is 17.2. The molecule has 0 spiro atoms. The van der Waals surface area contributed by atoms with Gasteiger partial charge in [-0.3, -0.25) is 0 Å². The molecule has 0 saturated carbocycles. The van der Waals surface area contributed by atoms with Gasteiger partial charge in [-0.15, -0.1) is 0 Å². The van der Waals surface area contributed by atoms with E-state index in [1.807, 2.05) is 0 Å². The van der Waals surface area contributed by atoms with Crippen LogP contribution < -0.4 is 18.9 Å². The first-order chi connectivity index (χ1) is 33.2. The average molecular weight is 1300 g/mol. The number of fused-ring (bicyclic) bond motifs is 4. The van der Waals surface area contributed by atoms with E-state index in [2.05, 4.69) is 112 Å². The first-order valence-electron chi connectivity index (χ1n) is 26.1. The third kappa shape index (κ3) is 14.8. The maximum absolute atomic E-state index is 6.95. The molecule has 0 aromatic carbocycles. The molecule has 378 valence electrons. The molecule has 4 aromatic heterocycles. The van der Waals surface area contributed by atoms with Crippen LogP contribution in [0.1, 0.15) is 170 Å². The van der Waals surface area contributed by atoms with Gasteiger partial charge in [-0.05, 0) is 0 Å². The van der Waals surface area contributed by atoms with Crippen LogP contribution in [0.5, 0.6) is 23.0 Å². The number of hydrogen-bond donors (Lipinski definition) is 0. The minimum absolute atomic E-state index is 0.0100. The van der Waals surface area contributed by atoms with E-state index >= 15 is 0 Å². The number of hydrogen-bond acceptors (Lipinski definition) is 10. The van der Waals surface area contributed by atoms with E-state index in [0.717, 1.165) is 36.2 Å². The Labute approximate surface area is 461 Å². The second-order valence-corrected chi connectivity index (χ2v) is 36.9. The zero-order valence-electron chi connectivity index (χ0n) is 41.9. The SMILES string of the molecule is CCCCCCCCCCCCSc1[se]c(-c2[se]c(-c3[se]c(-c4[se]c(SCCCCCCCCCCCC)c5c4OCC(C)(C)CO5)c4c3SCCS4)c3c2SCCS3)c2c1OCC(C)(C)CO2.